The molecule has 0 bridgehead atoms. The molecule has 3 N–H and O–H groups in total. The first-order valence-corrected chi connectivity index (χ1v) is 7.66. The van der Waals surface area contributed by atoms with E-state index in [-0.39, 0.29) is 24.3 Å². The fourth-order valence-corrected chi connectivity index (χ4v) is 2.49. The Morgan fingerprint density at radius 1 is 1.29 bits per heavy atom. The summed E-state index contributed by atoms with van der Waals surface area (Å²) >= 11 is 0. The van der Waals surface area contributed by atoms with Crippen molar-refractivity contribution in [1.29, 1.82) is 0 Å². The minimum Gasteiger partial charge on any atom is -0.459 e. The van der Waals surface area contributed by atoms with Crippen LogP contribution in [-0.2, 0) is 6.54 Å². The molecule has 0 fully saturated rings. The Morgan fingerprint density at radius 2 is 2.04 bits per heavy atom. The average Bonchev–Trinajstić information content (AvgIpc) is 3.22. The van der Waals surface area contributed by atoms with Crippen molar-refractivity contribution >= 4 is 5.91 Å². The fraction of sp³-hybridized carbons (Fsp3) is 0.235. The Hall–Kier alpha value is -2.93. The zero-order valence-electron chi connectivity index (χ0n) is 13.6. The number of nitrogens with two attached hydrogens (primary N) is 1. The molecule has 0 spiro atoms. The van der Waals surface area contributed by atoms with Crippen LogP contribution in [-0.4, -0.2) is 20.9 Å². The van der Waals surface area contributed by atoms with Crippen molar-refractivity contribution in [3.8, 4) is 5.69 Å². The summed E-state index contributed by atoms with van der Waals surface area (Å²) in [4.78, 5) is 13.9. The lowest BCUT2D eigenvalue weighted by Crippen LogP contribution is -2.28. The van der Waals surface area contributed by atoms with Crippen molar-refractivity contribution in [2.75, 3.05) is 0 Å². The summed E-state index contributed by atoms with van der Waals surface area (Å²) in [6.07, 6.45) is 1.46. The van der Waals surface area contributed by atoms with Crippen molar-refractivity contribution in [1.82, 2.24) is 20.3 Å². The molecule has 1 unspecified atom stereocenters. The third kappa shape index (κ3) is 3.07. The molecule has 2 heterocycles. The molecule has 7 heteroatoms. The number of benzene rings is 1. The van der Waals surface area contributed by atoms with Gasteiger partial charge in [-0.25, -0.2) is 0 Å². The van der Waals surface area contributed by atoms with E-state index in [9.17, 15) is 4.79 Å². The maximum absolute atomic E-state index is 12.3. The van der Waals surface area contributed by atoms with E-state index in [0.29, 0.717) is 11.3 Å². The normalized spacial score (nSPS) is 12.1. The van der Waals surface area contributed by atoms with Gasteiger partial charge in [-0.1, -0.05) is 18.2 Å². The number of carbonyl (C=O) groups excluding carboxylic acids is 1. The molecule has 3 aromatic rings. The second-order valence-electron chi connectivity index (χ2n) is 5.47. The van der Waals surface area contributed by atoms with Gasteiger partial charge in [-0.15, -0.1) is 0 Å². The minimum atomic E-state index is -0.318. The summed E-state index contributed by atoms with van der Waals surface area (Å²) < 4.78 is 5.23. The molecular formula is C17H19N5O2. The third-order valence-corrected chi connectivity index (χ3v) is 3.74. The summed E-state index contributed by atoms with van der Waals surface area (Å²) in [6, 6.07) is 11.0. The van der Waals surface area contributed by atoms with Crippen LogP contribution in [0, 0.1) is 6.92 Å². The summed E-state index contributed by atoms with van der Waals surface area (Å²) in [5.41, 5.74) is 8.59. The van der Waals surface area contributed by atoms with Gasteiger partial charge >= 0.3 is 0 Å². The van der Waals surface area contributed by atoms with Gasteiger partial charge in [0.1, 0.15) is 5.69 Å². The SMILES string of the molecule is Cc1nn(-c2ccccc2)nc1C(C)NC(=O)c1occc1CN. The number of aryl methyl sites for hydroxylation is 1. The van der Waals surface area contributed by atoms with Gasteiger partial charge < -0.3 is 15.5 Å². The Labute approximate surface area is 139 Å². The van der Waals surface area contributed by atoms with Gasteiger partial charge in [-0.2, -0.15) is 15.0 Å². The van der Waals surface area contributed by atoms with E-state index in [1.165, 1.54) is 6.26 Å². The lowest BCUT2D eigenvalue weighted by molar-refractivity contribution is 0.0909. The van der Waals surface area contributed by atoms with Crippen LogP contribution >= 0.6 is 0 Å². The lowest BCUT2D eigenvalue weighted by atomic mass is 10.2. The molecule has 0 aliphatic carbocycles. The average molecular weight is 325 g/mol. The van der Waals surface area contributed by atoms with E-state index in [2.05, 4.69) is 15.5 Å². The summed E-state index contributed by atoms with van der Waals surface area (Å²) in [6.45, 7) is 3.97. The van der Waals surface area contributed by atoms with Gasteiger partial charge in [0.15, 0.2) is 5.76 Å². The Balaban J connectivity index is 1.79. The zero-order chi connectivity index (χ0) is 17.1. The molecule has 0 aliphatic heterocycles. The molecule has 0 radical (unpaired) electrons. The smallest absolute Gasteiger partial charge is 0.287 e. The maximum atomic E-state index is 12.3. The van der Waals surface area contributed by atoms with Crippen LogP contribution in [0.15, 0.2) is 47.1 Å². The molecule has 0 aliphatic rings. The van der Waals surface area contributed by atoms with Gasteiger partial charge in [0.25, 0.3) is 5.91 Å². The minimum absolute atomic E-state index is 0.234. The largest absolute Gasteiger partial charge is 0.459 e. The maximum Gasteiger partial charge on any atom is 0.287 e. The number of furan rings is 1. The highest BCUT2D eigenvalue weighted by atomic mass is 16.3. The predicted molar refractivity (Wildman–Crippen MR) is 88.6 cm³/mol. The van der Waals surface area contributed by atoms with Crippen LogP contribution in [0.4, 0.5) is 0 Å². The third-order valence-electron chi connectivity index (χ3n) is 3.74. The van der Waals surface area contributed by atoms with Crippen LogP contribution in [0.1, 0.15) is 40.5 Å². The van der Waals surface area contributed by atoms with E-state index in [4.69, 9.17) is 10.2 Å². The van der Waals surface area contributed by atoms with Gasteiger partial charge in [0.05, 0.1) is 23.7 Å². The molecule has 1 atom stereocenters. The van der Waals surface area contributed by atoms with Crippen LogP contribution in [0.2, 0.25) is 0 Å². The van der Waals surface area contributed by atoms with Crippen LogP contribution in [0.5, 0.6) is 0 Å². The monoisotopic (exact) mass is 325 g/mol. The van der Waals surface area contributed by atoms with E-state index in [1.54, 1.807) is 10.9 Å². The number of rotatable bonds is 5. The van der Waals surface area contributed by atoms with Gasteiger partial charge in [0.2, 0.25) is 0 Å². The molecule has 124 valence electrons. The van der Waals surface area contributed by atoms with E-state index < -0.39 is 0 Å². The summed E-state index contributed by atoms with van der Waals surface area (Å²) in [5, 5.41) is 11.8. The van der Waals surface area contributed by atoms with Crippen LogP contribution in [0.3, 0.4) is 0 Å². The number of para-hydroxylation sites is 1. The van der Waals surface area contributed by atoms with Gasteiger partial charge in [-0.3, -0.25) is 4.79 Å². The molecule has 0 saturated heterocycles. The Kier molecular flexibility index (Phi) is 4.43. The number of nitrogens with zero attached hydrogens (tertiary/aromatic N) is 3. The predicted octanol–water partition coefficient (Wildman–Crippen LogP) is 2.12. The molecule has 3 rings (SSSR count). The molecule has 7 nitrogen and oxygen atoms in total. The van der Waals surface area contributed by atoms with Crippen molar-refractivity contribution in [3.05, 3.63) is 65.4 Å². The highest BCUT2D eigenvalue weighted by Crippen LogP contribution is 2.17. The van der Waals surface area contributed by atoms with Crippen molar-refractivity contribution in [3.63, 3.8) is 0 Å². The molecule has 24 heavy (non-hydrogen) atoms. The second-order valence-corrected chi connectivity index (χ2v) is 5.47. The first-order chi connectivity index (χ1) is 11.6. The van der Waals surface area contributed by atoms with E-state index in [1.807, 2.05) is 44.2 Å². The number of aromatic nitrogens is 3. The van der Waals surface area contributed by atoms with Crippen molar-refractivity contribution in [2.45, 2.75) is 26.4 Å². The highest BCUT2D eigenvalue weighted by Gasteiger charge is 2.21. The number of nitrogens with one attached hydrogen (secondary N) is 1. The lowest BCUT2D eigenvalue weighted by Gasteiger charge is -2.11. The quantitative estimate of drug-likeness (QED) is 0.748. The molecular weight excluding hydrogens is 306 g/mol. The van der Waals surface area contributed by atoms with Gasteiger partial charge in [0, 0.05) is 12.1 Å². The zero-order valence-corrected chi connectivity index (χ0v) is 13.6. The van der Waals surface area contributed by atoms with Crippen molar-refractivity contribution in [2.24, 2.45) is 5.73 Å². The number of amides is 1. The van der Waals surface area contributed by atoms with Crippen LogP contribution in [0.25, 0.3) is 5.69 Å². The summed E-state index contributed by atoms with van der Waals surface area (Å²) in [5.74, 6) is -0.0842. The first kappa shape index (κ1) is 15.9. The molecule has 1 aromatic carbocycles. The summed E-state index contributed by atoms with van der Waals surface area (Å²) in [7, 11) is 0. The van der Waals surface area contributed by atoms with Crippen LogP contribution < -0.4 is 11.1 Å². The Bertz CT molecular complexity index is 838. The number of hydrogen-bond acceptors (Lipinski definition) is 5. The number of hydrogen-bond donors (Lipinski definition) is 2. The standard InChI is InChI=1S/C17H19N5O2/c1-11(19-17(23)16-13(10-18)8-9-24-16)15-12(2)20-22(21-15)14-6-4-3-5-7-14/h3-9,11H,10,18H2,1-2H3,(H,19,23). The highest BCUT2D eigenvalue weighted by molar-refractivity contribution is 5.93. The van der Waals surface area contributed by atoms with Gasteiger partial charge in [-0.05, 0) is 32.0 Å². The van der Waals surface area contributed by atoms with E-state index in [0.717, 1.165) is 11.4 Å². The first-order valence-electron chi connectivity index (χ1n) is 7.66. The number of carbonyl (C=O) groups is 1. The second kappa shape index (κ2) is 6.67. The molecule has 1 amide bonds. The Morgan fingerprint density at radius 3 is 2.75 bits per heavy atom. The fourth-order valence-electron chi connectivity index (χ4n) is 2.49. The topological polar surface area (TPSA) is 99.0 Å². The molecule has 2 aromatic heterocycles. The molecule has 0 saturated carbocycles. The van der Waals surface area contributed by atoms with E-state index >= 15 is 0 Å². The van der Waals surface area contributed by atoms with Crippen molar-refractivity contribution < 1.29 is 9.21 Å².